The first-order chi connectivity index (χ1) is 18.8. The highest BCUT2D eigenvalue weighted by Gasteiger charge is 2.35. The molecule has 1 aliphatic heterocycles. The Labute approximate surface area is 234 Å². The Morgan fingerprint density at radius 3 is 2.54 bits per heavy atom. The molecule has 2 amide bonds. The van der Waals surface area contributed by atoms with Crippen LogP contribution in [0.15, 0.2) is 72.8 Å². The average Bonchev–Trinajstić information content (AvgIpc) is 3.23. The quantitative estimate of drug-likeness (QED) is 0.293. The van der Waals surface area contributed by atoms with Gasteiger partial charge in [-0.15, -0.1) is 0 Å². The molecule has 0 saturated carbocycles. The van der Waals surface area contributed by atoms with E-state index in [1.54, 1.807) is 17.0 Å². The number of aromatic nitrogens is 1. The van der Waals surface area contributed by atoms with Crippen molar-refractivity contribution in [2.75, 3.05) is 20.1 Å². The first-order valence-corrected chi connectivity index (χ1v) is 13.7. The fourth-order valence-electron chi connectivity index (χ4n) is 5.34. The minimum Gasteiger partial charge on any atom is -0.490 e. The molecule has 6 nitrogen and oxygen atoms in total. The maximum Gasteiger partial charge on any atom is 0.253 e. The molecule has 1 fully saturated rings. The van der Waals surface area contributed by atoms with Crippen LogP contribution >= 0.6 is 11.6 Å². The molecule has 0 unspecified atom stereocenters. The van der Waals surface area contributed by atoms with Crippen LogP contribution < -0.4 is 4.74 Å². The highest BCUT2D eigenvalue weighted by Crippen LogP contribution is 2.29. The summed E-state index contributed by atoms with van der Waals surface area (Å²) in [6.07, 6.45) is 0.737. The third-order valence-electron chi connectivity index (χ3n) is 7.73. The number of carbonyl (C=O) groups excluding carboxylic acids is 2. The zero-order valence-corrected chi connectivity index (χ0v) is 23.4. The lowest BCUT2D eigenvalue weighted by atomic mass is 9.90. The molecule has 1 N–H and O–H groups in total. The predicted octanol–water partition coefficient (Wildman–Crippen LogP) is 6.40. The summed E-state index contributed by atoms with van der Waals surface area (Å²) in [6.45, 7) is 5.65. The normalized spacial score (nSPS) is 17.3. The second-order valence-electron chi connectivity index (χ2n) is 10.5. The van der Waals surface area contributed by atoms with Crippen LogP contribution in [0.1, 0.15) is 40.0 Å². The van der Waals surface area contributed by atoms with Crippen LogP contribution in [0, 0.1) is 19.8 Å². The molecule has 3 aromatic carbocycles. The van der Waals surface area contributed by atoms with Gasteiger partial charge in [-0.2, -0.15) is 0 Å². The lowest BCUT2D eigenvalue weighted by molar-refractivity contribution is -0.132. The van der Waals surface area contributed by atoms with E-state index in [1.165, 1.54) is 0 Å². The second kappa shape index (κ2) is 11.5. The van der Waals surface area contributed by atoms with Crippen LogP contribution in [-0.4, -0.2) is 52.8 Å². The first kappa shape index (κ1) is 26.8. The number of benzene rings is 3. The molecule has 7 heteroatoms. The number of aromatic amines is 1. The zero-order chi connectivity index (χ0) is 27.5. The number of hydrogen-bond donors (Lipinski definition) is 1. The highest BCUT2D eigenvalue weighted by molar-refractivity contribution is 6.30. The van der Waals surface area contributed by atoms with Gasteiger partial charge in [0.05, 0.1) is 0 Å². The third-order valence-corrected chi connectivity index (χ3v) is 7.98. The van der Waals surface area contributed by atoms with Gasteiger partial charge in [-0.05, 0) is 67.4 Å². The van der Waals surface area contributed by atoms with E-state index >= 15 is 0 Å². The largest absolute Gasteiger partial charge is 0.490 e. The van der Waals surface area contributed by atoms with E-state index in [0.717, 1.165) is 27.7 Å². The molecule has 5 rings (SSSR count). The molecule has 1 aliphatic rings. The van der Waals surface area contributed by atoms with E-state index in [0.29, 0.717) is 48.8 Å². The molecule has 0 spiro atoms. The standard InChI is InChI=1S/C32H34ClN3O3/c1-21-22(2)34-29-14-9-24(17-28(21)29)32(38)36-16-15-30(39-27-12-10-26(33)11-13-27)25(20-36)18-31(37)35(3)19-23-7-5-4-6-8-23/h4-14,17,25,30,34H,15-16,18-20H2,1-3H3/t25-,30-/m0/s1. The monoisotopic (exact) mass is 543 g/mol. The van der Waals surface area contributed by atoms with Gasteiger partial charge in [0, 0.05) is 72.6 Å². The van der Waals surface area contributed by atoms with Gasteiger partial charge >= 0.3 is 0 Å². The number of ether oxygens (including phenoxy) is 1. The number of fused-ring (bicyclic) bond motifs is 1. The zero-order valence-electron chi connectivity index (χ0n) is 22.6. The van der Waals surface area contributed by atoms with Crippen LogP contribution in [0.3, 0.4) is 0 Å². The molecule has 0 bridgehead atoms. The van der Waals surface area contributed by atoms with Gasteiger partial charge in [-0.3, -0.25) is 9.59 Å². The summed E-state index contributed by atoms with van der Waals surface area (Å²) in [7, 11) is 1.83. The Hall–Kier alpha value is -3.77. The van der Waals surface area contributed by atoms with Crippen molar-refractivity contribution in [2.24, 2.45) is 5.92 Å². The smallest absolute Gasteiger partial charge is 0.253 e. The minimum atomic E-state index is -0.193. The van der Waals surface area contributed by atoms with Crippen LogP contribution in [-0.2, 0) is 11.3 Å². The predicted molar refractivity (Wildman–Crippen MR) is 155 cm³/mol. The van der Waals surface area contributed by atoms with Crippen molar-refractivity contribution in [3.05, 3.63) is 100 Å². The number of nitrogens with zero attached hydrogens (tertiary/aromatic N) is 2. The van der Waals surface area contributed by atoms with Gasteiger partial charge in [0.2, 0.25) is 5.91 Å². The van der Waals surface area contributed by atoms with Crippen molar-refractivity contribution in [2.45, 2.75) is 39.3 Å². The summed E-state index contributed by atoms with van der Waals surface area (Å²) in [5, 5.41) is 1.70. The molecule has 39 heavy (non-hydrogen) atoms. The summed E-state index contributed by atoms with van der Waals surface area (Å²) in [6, 6.07) is 23.0. The SMILES string of the molecule is Cc1[nH]c2ccc(C(=O)N3CC[C@H](Oc4ccc(Cl)cc4)[C@@H](CC(=O)N(C)Cc4ccccc4)C3)cc2c1C. The van der Waals surface area contributed by atoms with E-state index in [2.05, 4.69) is 11.9 Å². The Bertz CT molecular complexity index is 1470. The lowest BCUT2D eigenvalue weighted by Gasteiger charge is -2.39. The van der Waals surface area contributed by atoms with E-state index in [1.807, 2.05) is 79.5 Å². The number of likely N-dealkylation sites (tertiary alicyclic amines) is 1. The summed E-state index contributed by atoms with van der Waals surface area (Å²) in [5.74, 6) is 0.574. The van der Waals surface area contributed by atoms with Crippen LogP contribution in [0.2, 0.25) is 5.02 Å². The summed E-state index contributed by atoms with van der Waals surface area (Å²) in [5.41, 5.74) is 5.02. The molecule has 1 aromatic heterocycles. The Balaban J connectivity index is 1.34. The lowest BCUT2D eigenvalue weighted by Crippen LogP contribution is -2.49. The summed E-state index contributed by atoms with van der Waals surface area (Å²) < 4.78 is 6.36. The molecule has 0 aliphatic carbocycles. The molecular weight excluding hydrogens is 510 g/mol. The van der Waals surface area contributed by atoms with Crippen molar-refractivity contribution in [1.82, 2.24) is 14.8 Å². The number of rotatable bonds is 7. The van der Waals surface area contributed by atoms with Crippen molar-refractivity contribution in [3.8, 4) is 5.75 Å². The number of H-pyrrole nitrogens is 1. The second-order valence-corrected chi connectivity index (χ2v) is 10.9. The van der Waals surface area contributed by atoms with Gasteiger partial charge < -0.3 is 19.5 Å². The first-order valence-electron chi connectivity index (χ1n) is 13.4. The molecule has 2 atom stereocenters. The summed E-state index contributed by atoms with van der Waals surface area (Å²) in [4.78, 5) is 34.0. The van der Waals surface area contributed by atoms with Gasteiger partial charge in [0.25, 0.3) is 5.91 Å². The topological polar surface area (TPSA) is 65.6 Å². The number of carbonyl (C=O) groups is 2. The number of piperidine rings is 1. The van der Waals surface area contributed by atoms with Crippen LogP contribution in [0.4, 0.5) is 0 Å². The Morgan fingerprint density at radius 2 is 1.79 bits per heavy atom. The van der Waals surface area contributed by atoms with Gasteiger partial charge in [-0.1, -0.05) is 41.9 Å². The van der Waals surface area contributed by atoms with E-state index in [4.69, 9.17) is 16.3 Å². The fourth-order valence-corrected chi connectivity index (χ4v) is 5.46. The summed E-state index contributed by atoms with van der Waals surface area (Å²) >= 11 is 6.06. The molecule has 1 saturated heterocycles. The maximum atomic E-state index is 13.6. The third kappa shape index (κ3) is 6.12. The number of nitrogens with one attached hydrogen (secondary N) is 1. The average molecular weight is 544 g/mol. The number of amides is 2. The van der Waals surface area contributed by atoms with Crippen LogP contribution in [0.25, 0.3) is 10.9 Å². The molecular formula is C32H34ClN3O3. The molecule has 202 valence electrons. The van der Waals surface area contributed by atoms with E-state index in [-0.39, 0.29) is 23.8 Å². The Kier molecular flexibility index (Phi) is 7.94. The van der Waals surface area contributed by atoms with E-state index < -0.39 is 0 Å². The van der Waals surface area contributed by atoms with Crippen molar-refractivity contribution >= 4 is 34.3 Å². The maximum absolute atomic E-state index is 13.6. The van der Waals surface area contributed by atoms with E-state index in [9.17, 15) is 9.59 Å². The highest BCUT2D eigenvalue weighted by atomic mass is 35.5. The number of hydrogen-bond acceptors (Lipinski definition) is 3. The minimum absolute atomic E-state index is 0.0183. The number of aryl methyl sites for hydroxylation is 2. The van der Waals surface area contributed by atoms with Crippen molar-refractivity contribution < 1.29 is 14.3 Å². The van der Waals surface area contributed by atoms with Gasteiger partial charge in [0.1, 0.15) is 11.9 Å². The van der Waals surface area contributed by atoms with Crippen molar-refractivity contribution in [3.63, 3.8) is 0 Å². The fraction of sp³-hybridized carbons (Fsp3) is 0.312. The number of halogens is 1. The molecule has 4 aromatic rings. The molecule has 0 radical (unpaired) electrons. The van der Waals surface area contributed by atoms with Gasteiger partial charge in [-0.25, -0.2) is 0 Å². The van der Waals surface area contributed by atoms with Crippen LogP contribution in [0.5, 0.6) is 5.75 Å². The van der Waals surface area contributed by atoms with Gasteiger partial charge in [0.15, 0.2) is 0 Å². The molecule has 2 heterocycles. The Morgan fingerprint density at radius 1 is 1.05 bits per heavy atom. The van der Waals surface area contributed by atoms with Crippen molar-refractivity contribution in [1.29, 1.82) is 0 Å².